The van der Waals surface area contributed by atoms with E-state index >= 15 is 0 Å². The molecule has 0 spiro atoms. The van der Waals surface area contributed by atoms with Crippen molar-refractivity contribution in [3.05, 3.63) is 58.2 Å². The summed E-state index contributed by atoms with van der Waals surface area (Å²) in [6.07, 6.45) is 2.24. The van der Waals surface area contributed by atoms with Gasteiger partial charge < -0.3 is 0 Å². The van der Waals surface area contributed by atoms with Crippen LogP contribution in [0.1, 0.15) is 24.5 Å². The number of benzene rings is 2. The van der Waals surface area contributed by atoms with Crippen molar-refractivity contribution < 1.29 is 0 Å². The topological polar surface area (TPSA) is 67.3 Å². The molecule has 0 unspecified atom stereocenters. The lowest BCUT2D eigenvalue weighted by molar-refractivity contribution is 0.881. The molecule has 1 aliphatic carbocycles. The summed E-state index contributed by atoms with van der Waals surface area (Å²) in [6.45, 7) is 0. The van der Waals surface area contributed by atoms with E-state index in [0.29, 0.717) is 21.8 Å². The van der Waals surface area contributed by atoms with Crippen molar-refractivity contribution in [2.45, 2.75) is 18.8 Å². The maximum Gasteiger partial charge on any atom is 0.181 e. The predicted octanol–water partition coefficient (Wildman–Crippen LogP) is 5.27. The molecule has 0 aliphatic heterocycles. The van der Waals surface area contributed by atoms with Crippen molar-refractivity contribution in [1.29, 1.82) is 0 Å². The second-order valence-corrected chi connectivity index (χ2v) is 7.32. The van der Waals surface area contributed by atoms with Gasteiger partial charge in [-0.2, -0.15) is 0 Å². The van der Waals surface area contributed by atoms with E-state index in [0.717, 1.165) is 46.1 Å². The van der Waals surface area contributed by atoms with E-state index in [9.17, 15) is 0 Å². The molecule has 128 valence electrons. The van der Waals surface area contributed by atoms with Gasteiger partial charge in [0.2, 0.25) is 0 Å². The lowest BCUT2D eigenvalue weighted by Gasteiger charge is -2.16. The van der Waals surface area contributed by atoms with Crippen LogP contribution in [0.4, 0.5) is 0 Å². The lowest BCUT2D eigenvalue weighted by atomic mass is 9.92. The summed E-state index contributed by atoms with van der Waals surface area (Å²) in [5.74, 6) is 1.03. The highest BCUT2D eigenvalue weighted by Crippen LogP contribution is 2.48. The van der Waals surface area contributed by atoms with Gasteiger partial charge in [0.25, 0.3) is 0 Å². The molecule has 5 nitrogen and oxygen atoms in total. The fraction of sp³-hybridized carbons (Fsp3) is 0.158. The molecular formula is C19H13Cl2N5. The summed E-state index contributed by atoms with van der Waals surface area (Å²) < 4.78 is 0. The standard InChI is InChI=1S/C19H13Cl2N5/c20-12-3-1-2-11(8-12)16-14-9-13(21)6-7-15(14)22-18(10-4-5-10)17(16)19-23-25-26-24-19/h1-3,6-10H,4-5H2,(H,23,24,25,26). The second kappa shape index (κ2) is 6.04. The van der Waals surface area contributed by atoms with Crippen LogP contribution in [-0.4, -0.2) is 25.6 Å². The predicted molar refractivity (Wildman–Crippen MR) is 102 cm³/mol. The normalized spacial score (nSPS) is 14.1. The maximum absolute atomic E-state index is 6.30. The molecule has 2 aromatic heterocycles. The molecule has 0 radical (unpaired) electrons. The van der Waals surface area contributed by atoms with Crippen LogP contribution in [0.25, 0.3) is 33.4 Å². The first-order valence-corrected chi connectivity index (χ1v) is 9.09. The van der Waals surface area contributed by atoms with Crippen LogP contribution < -0.4 is 0 Å². The number of rotatable bonds is 3. The molecule has 5 rings (SSSR count). The van der Waals surface area contributed by atoms with Gasteiger partial charge in [-0.3, -0.25) is 4.98 Å². The Labute approximate surface area is 159 Å². The highest BCUT2D eigenvalue weighted by molar-refractivity contribution is 6.32. The van der Waals surface area contributed by atoms with Crippen LogP contribution in [0.5, 0.6) is 0 Å². The van der Waals surface area contributed by atoms with Gasteiger partial charge in [0.15, 0.2) is 5.82 Å². The van der Waals surface area contributed by atoms with E-state index < -0.39 is 0 Å². The number of hydrogen-bond acceptors (Lipinski definition) is 4. The van der Waals surface area contributed by atoms with Crippen LogP contribution >= 0.6 is 23.2 Å². The summed E-state index contributed by atoms with van der Waals surface area (Å²) in [5, 5.41) is 16.9. The smallest absolute Gasteiger partial charge is 0.181 e. The Bertz CT molecular complexity index is 1120. The first kappa shape index (κ1) is 15.7. The van der Waals surface area contributed by atoms with Crippen molar-refractivity contribution in [1.82, 2.24) is 25.6 Å². The van der Waals surface area contributed by atoms with E-state index in [1.54, 1.807) is 0 Å². The molecule has 4 aromatic rings. The van der Waals surface area contributed by atoms with E-state index in [1.165, 1.54) is 0 Å². The molecule has 0 bridgehead atoms. The fourth-order valence-corrected chi connectivity index (χ4v) is 3.72. The summed E-state index contributed by atoms with van der Waals surface area (Å²) in [5.41, 5.74) is 4.84. The van der Waals surface area contributed by atoms with Crippen LogP contribution in [0, 0.1) is 0 Å². The van der Waals surface area contributed by atoms with E-state index in [4.69, 9.17) is 28.2 Å². The van der Waals surface area contributed by atoms with Gasteiger partial charge in [-0.25, -0.2) is 5.10 Å². The molecule has 1 aliphatic rings. The monoisotopic (exact) mass is 381 g/mol. The molecule has 1 saturated carbocycles. The van der Waals surface area contributed by atoms with Crippen molar-refractivity contribution in [2.75, 3.05) is 0 Å². The van der Waals surface area contributed by atoms with Gasteiger partial charge in [-0.05, 0) is 59.2 Å². The molecule has 1 N–H and O–H groups in total. The Kier molecular flexibility index (Phi) is 3.65. The third kappa shape index (κ3) is 2.64. The highest BCUT2D eigenvalue weighted by atomic mass is 35.5. The number of nitrogens with zero attached hydrogens (tertiary/aromatic N) is 4. The number of halogens is 2. The molecule has 26 heavy (non-hydrogen) atoms. The Morgan fingerprint density at radius 1 is 0.962 bits per heavy atom. The number of hydrogen-bond donors (Lipinski definition) is 1. The molecular weight excluding hydrogens is 369 g/mol. The summed E-state index contributed by atoms with van der Waals surface area (Å²) >= 11 is 12.6. The number of nitrogens with one attached hydrogen (secondary N) is 1. The molecule has 2 heterocycles. The van der Waals surface area contributed by atoms with Crippen molar-refractivity contribution in [2.24, 2.45) is 0 Å². The van der Waals surface area contributed by atoms with Crippen LogP contribution in [-0.2, 0) is 0 Å². The molecule has 0 saturated heterocycles. The lowest BCUT2D eigenvalue weighted by Crippen LogP contribution is -2.00. The minimum absolute atomic E-state index is 0.424. The summed E-state index contributed by atoms with van der Waals surface area (Å²) in [7, 11) is 0. The zero-order valence-electron chi connectivity index (χ0n) is 13.6. The van der Waals surface area contributed by atoms with Crippen molar-refractivity contribution in [3.63, 3.8) is 0 Å². The van der Waals surface area contributed by atoms with Gasteiger partial charge in [0.1, 0.15) is 0 Å². The van der Waals surface area contributed by atoms with Crippen LogP contribution in [0.15, 0.2) is 42.5 Å². The van der Waals surface area contributed by atoms with E-state index in [1.807, 2.05) is 42.5 Å². The minimum Gasteiger partial charge on any atom is -0.252 e. The van der Waals surface area contributed by atoms with Crippen LogP contribution in [0.2, 0.25) is 10.0 Å². The van der Waals surface area contributed by atoms with Crippen molar-refractivity contribution in [3.8, 4) is 22.5 Å². The number of H-pyrrole nitrogens is 1. The Morgan fingerprint density at radius 2 is 1.81 bits per heavy atom. The van der Waals surface area contributed by atoms with E-state index in [-0.39, 0.29) is 0 Å². The minimum atomic E-state index is 0.424. The number of pyridine rings is 1. The largest absolute Gasteiger partial charge is 0.252 e. The summed E-state index contributed by atoms with van der Waals surface area (Å²) in [6, 6.07) is 13.5. The van der Waals surface area contributed by atoms with Gasteiger partial charge in [0.05, 0.1) is 16.8 Å². The number of tetrazole rings is 1. The third-order valence-electron chi connectivity index (χ3n) is 4.63. The zero-order valence-corrected chi connectivity index (χ0v) is 15.1. The SMILES string of the molecule is Clc1cccc(-c2c(-c3nnn[nH]3)c(C3CC3)nc3ccc(Cl)cc23)c1. The summed E-state index contributed by atoms with van der Waals surface area (Å²) in [4.78, 5) is 4.94. The van der Waals surface area contributed by atoms with Gasteiger partial charge in [-0.15, -0.1) is 5.10 Å². The zero-order chi connectivity index (χ0) is 17.7. The molecule has 0 amide bonds. The molecule has 1 fully saturated rings. The Morgan fingerprint density at radius 3 is 2.54 bits per heavy atom. The highest BCUT2D eigenvalue weighted by Gasteiger charge is 2.32. The molecule has 0 atom stereocenters. The van der Waals surface area contributed by atoms with Gasteiger partial charge >= 0.3 is 0 Å². The molecule has 7 heteroatoms. The van der Waals surface area contributed by atoms with Crippen LogP contribution in [0.3, 0.4) is 0 Å². The number of fused-ring (bicyclic) bond motifs is 1. The maximum atomic E-state index is 6.30. The first-order valence-electron chi connectivity index (χ1n) is 8.34. The third-order valence-corrected chi connectivity index (χ3v) is 5.10. The number of aromatic amines is 1. The fourth-order valence-electron chi connectivity index (χ4n) is 3.36. The Balaban J connectivity index is 1.95. The molecule has 2 aromatic carbocycles. The first-order chi connectivity index (χ1) is 12.7. The average Bonchev–Trinajstić information content (AvgIpc) is 3.34. The van der Waals surface area contributed by atoms with Gasteiger partial charge in [0, 0.05) is 26.9 Å². The van der Waals surface area contributed by atoms with Gasteiger partial charge in [-0.1, -0.05) is 35.3 Å². The Hall–Kier alpha value is -2.50. The number of aromatic nitrogens is 5. The quantitative estimate of drug-likeness (QED) is 0.524. The average molecular weight is 382 g/mol. The van der Waals surface area contributed by atoms with E-state index in [2.05, 4.69) is 20.6 Å². The second-order valence-electron chi connectivity index (χ2n) is 6.44. The van der Waals surface area contributed by atoms with Crippen molar-refractivity contribution >= 4 is 34.1 Å².